The zero-order chi connectivity index (χ0) is 17.4. The zero-order valence-corrected chi connectivity index (χ0v) is 14.9. The monoisotopic (exact) mass is 386 g/mol. The van der Waals surface area contributed by atoms with Gasteiger partial charge in [-0.05, 0) is 24.6 Å². The summed E-state index contributed by atoms with van der Waals surface area (Å²) < 4.78 is 1.13. The number of hydrogen-bond donors (Lipinski definition) is 1. The number of carbonyl (C=O) groups is 1. The van der Waals surface area contributed by atoms with Crippen LogP contribution in [0.3, 0.4) is 0 Å². The van der Waals surface area contributed by atoms with E-state index in [9.17, 15) is 9.59 Å². The SMILES string of the molecule is Cn1ncc(NC2CCN(c3ccc(Cl)c(Cl)c3)C2=O)c(Cl)c1=O. The summed E-state index contributed by atoms with van der Waals surface area (Å²) >= 11 is 17.9. The van der Waals surface area contributed by atoms with Gasteiger partial charge in [0.2, 0.25) is 5.91 Å². The summed E-state index contributed by atoms with van der Waals surface area (Å²) in [7, 11) is 1.50. The molecule has 1 saturated heterocycles. The second-order valence-corrected chi connectivity index (χ2v) is 6.57. The number of carbonyl (C=O) groups excluding carboxylic acids is 1. The number of aromatic nitrogens is 2. The Morgan fingerprint density at radius 2 is 1.96 bits per heavy atom. The van der Waals surface area contributed by atoms with Gasteiger partial charge in [-0.15, -0.1) is 0 Å². The van der Waals surface area contributed by atoms with Crippen LogP contribution in [0, 0.1) is 0 Å². The number of amides is 1. The summed E-state index contributed by atoms with van der Waals surface area (Å²) in [5.74, 6) is -0.134. The smallest absolute Gasteiger partial charge is 0.287 e. The number of anilines is 2. The Kier molecular flexibility index (Phi) is 4.71. The molecule has 1 aliphatic rings. The fourth-order valence-electron chi connectivity index (χ4n) is 2.52. The third kappa shape index (κ3) is 3.09. The van der Waals surface area contributed by atoms with Crippen molar-refractivity contribution in [2.45, 2.75) is 12.5 Å². The highest BCUT2D eigenvalue weighted by Crippen LogP contribution is 2.30. The average molecular weight is 388 g/mol. The van der Waals surface area contributed by atoms with E-state index < -0.39 is 11.6 Å². The Hall–Kier alpha value is -1.76. The predicted octanol–water partition coefficient (Wildman–Crippen LogP) is 2.96. The molecule has 2 aromatic rings. The van der Waals surface area contributed by atoms with Crippen molar-refractivity contribution < 1.29 is 4.79 Å². The second kappa shape index (κ2) is 6.63. The summed E-state index contributed by atoms with van der Waals surface area (Å²) in [5.41, 5.74) is 0.592. The molecule has 1 N–H and O–H groups in total. The van der Waals surface area contributed by atoms with E-state index in [4.69, 9.17) is 34.8 Å². The first-order chi connectivity index (χ1) is 11.4. The van der Waals surface area contributed by atoms with E-state index in [1.54, 1.807) is 23.1 Å². The van der Waals surface area contributed by atoms with E-state index in [0.717, 1.165) is 4.68 Å². The number of nitrogens with zero attached hydrogens (tertiary/aromatic N) is 3. The molecule has 0 radical (unpaired) electrons. The highest BCUT2D eigenvalue weighted by Gasteiger charge is 2.33. The van der Waals surface area contributed by atoms with Crippen molar-refractivity contribution in [2.24, 2.45) is 7.05 Å². The van der Waals surface area contributed by atoms with Crippen molar-refractivity contribution in [3.63, 3.8) is 0 Å². The fraction of sp³-hybridized carbons (Fsp3) is 0.267. The quantitative estimate of drug-likeness (QED) is 0.879. The molecular weight excluding hydrogens is 375 g/mol. The summed E-state index contributed by atoms with van der Waals surface area (Å²) in [5, 5.41) is 7.72. The van der Waals surface area contributed by atoms with E-state index in [1.165, 1.54) is 13.2 Å². The van der Waals surface area contributed by atoms with Crippen LogP contribution in [0.2, 0.25) is 15.1 Å². The lowest BCUT2D eigenvalue weighted by Gasteiger charge is -2.18. The van der Waals surface area contributed by atoms with Crippen LogP contribution >= 0.6 is 34.8 Å². The first kappa shape index (κ1) is 17.1. The summed E-state index contributed by atoms with van der Waals surface area (Å²) in [6.07, 6.45) is 1.99. The van der Waals surface area contributed by atoms with Crippen LogP contribution in [-0.2, 0) is 11.8 Å². The van der Waals surface area contributed by atoms with Crippen molar-refractivity contribution >= 4 is 52.1 Å². The van der Waals surface area contributed by atoms with Gasteiger partial charge in [0.15, 0.2) is 0 Å². The molecule has 0 saturated carbocycles. The second-order valence-electron chi connectivity index (χ2n) is 5.37. The van der Waals surface area contributed by atoms with Crippen LogP contribution in [0.25, 0.3) is 0 Å². The first-order valence-electron chi connectivity index (χ1n) is 7.13. The summed E-state index contributed by atoms with van der Waals surface area (Å²) in [4.78, 5) is 26.0. The Morgan fingerprint density at radius 1 is 1.21 bits per heavy atom. The van der Waals surface area contributed by atoms with Crippen molar-refractivity contribution in [3.05, 3.63) is 49.8 Å². The molecule has 0 aliphatic carbocycles. The van der Waals surface area contributed by atoms with Crippen LogP contribution in [0.5, 0.6) is 0 Å². The van der Waals surface area contributed by atoms with Gasteiger partial charge < -0.3 is 10.2 Å². The number of rotatable bonds is 3. The molecule has 1 aliphatic heterocycles. The maximum atomic E-state index is 12.6. The van der Waals surface area contributed by atoms with Gasteiger partial charge in [-0.3, -0.25) is 9.59 Å². The highest BCUT2D eigenvalue weighted by molar-refractivity contribution is 6.42. The standard InChI is InChI=1S/C15H13Cl3N4O2/c1-21-15(24)13(18)12(7-19-21)20-11-4-5-22(14(11)23)8-2-3-9(16)10(17)6-8/h2-3,6-7,11,20H,4-5H2,1H3. The molecule has 1 atom stereocenters. The molecule has 1 unspecified atom stereocenters. The molecule has 2 heterocycles. The molecular formula is C15H13Cl3N4O2. The minimum absolute atomic E-state index is 0.00767. The largest absolute Gasteiger partial charge is 0.371 e. The number of halogens is 3. The van der Waals surface area contributed by atoms with Crippen molar-refractivity contribution in [1.29, 1.82) is 0 Å². The van der Waals surface area contributed by atoms with Gasteiger partial charge in [-0.25, -0.2) is 4.68 Å². The molecule has 6 nitrogen and oxygen atoms in total. The molecule has 3 rings (SSSR count). The van der Waals surface area contributed by atoms with Crippen LogP contribution in [0.4, 0.5) is 11.4 Å². The van der Waals surface area contributed by atoms with Crippen LogP contribution < -0.4 is 15.8 Å². The molecule has 1 aromatic carbocycles. The molecule has 9 heteroatoms. The summed E-state index contributed by atoms with van der Waals surface area (Å²) in [6, 6.07) is 4.54. The van der Waals surface area contributed by atoms with Crippen molar-refractivity contribution in [3.8, 4) is 0 Å². The van der Waals surface area contributed by atoms with Gasteiger partial charge in [0.05, 0.1) is 21.9 Å². The molecule has 0 bridgehead atoms. The summed E-state index contributed by atoms with van der Waals surface area (Å²) in [6.45, 7) is 0.518. The fourth-order valence-corrected chi connectivity index (χ4v) is 3.04. The van der Waals surface area contributed by atoms with Crippen LogP contribution in [-0.4, -0.2) is 28.3 Å². The van der Waals surface area contributed by atoms with Crippen LogP contribution in [0.1, 0.15) is 6.42 Å². The predicted molar refractivity (Wildman–Crippen MR) is 95.3 cm³/mol. The molecule has 1 aromatic heterocycles. The van der Waals surface area contributed by atoms with E-state index >= 15 is 0 Å². The maximum Gasteiger partial charge on any atom is 0.287 e. The Balaban J connectivity index is 1.80. The van der Waals surface area contributed by atoms with Gasteiger partial charge in [0.1, 0.15) is 11.1 Å². The molecule has 0 spiro atoms. The Labute approximate surface area is 152 Å². The van der Waals surface area contributed by atoms with Crippen molar-refractivity contribution in [1.82, 2.24) is 9.78 Å². The van der Waals surface area contributed by atoms with Crippen LogP contribution in [0.15, 0.2) is 29.2 Å². The average Bonchev–Trinajstić information content (AvgIpc) is 2.91. The molecule has 1 amide bonds. The normalized spacial score (nSPS) is 17.4. The molecule has 1 fully saturated rings. The van der Waals surface area contributed by atoms with Gasteiger partial charge >= 0.3 is 0 Å². The van der Waals surface area contributed by atoms with Crippen molar-refractivity contribution in [2.75, 3.05) is 16.8 Å². The minimum Gasteiger partial charge on any atom is -0.371 e. The lowest BCUT2D eigenvalue weighted by atomic mass is 10.2. The van der Waals surface area contributed by atoms with E-state index in [1.807, 2.05) is 0 Å². The lowest BCUT2D eigenvalue weighted by Crippen LogP contribution is -2.34. The third-order valence-corrected chi connectivity index (χ3v) is 4.93. The Bertz CT molecular complexity index is 868. The number of hydrogen-bond acceptors (Lipinski definition) is 4. The van der Waals surface area contributed by atoms with Gasteiger partial charge in [0, 0.05) is 19.3 Å². The Morgan fingerprint density at radius 3 is 2.67 bits per heavy atom. The molecule has 24 heavy (non-hydrogen) atoms. The lowest BCUT2D eigenvalue weighted by molar-refractivity contribution is -0.117. The van der Waals surface area contributed by atoms with Gasteiger partial charge in [-0.2, -0.15) is 5.10 Å². The van der Waals surface area contributed by atoms with E-state index in [2.05, 4.69) is 10.4 Å². The van der Waals surface area contributed by atoms with E-state index in [-0.39, 0.29) is 10.9 Å². The topological polar surface area (TPSA) is 67.2 Å². The number of benzene rings is 1. The van der Waals surface area contributed by atoms with Gasteiger partial charge in [0.25, 0.3) is 5.56 Å². The van der Waals surface area contributed by atoms with Gasteiger partial charge in [-0.1, -0.05) is 34.8 Å². The number of aryl methyl sites for hydroxylation is 1. The third-order valence-electron chi connectivity index (χ3n) is 3.83. The number of nitrogens with one attached hydrogen (secondary N) is 1. The zero-order valence-electron chi connectivity index (χ0n) is 12.6. The molecule has 126 valence electrons. The first-order valence-corrected chi connectivity index (χ1v) is 8.26. The van der Waals surface area contributed by atoms with E-state index in [0.29, 0.717) is 34.4 Å². The minimum atomic E-state index is -0.495. The maximum absolute atomic E-state index is 12.6. The highest BCUT2D eigenvalue weighted by atomic mass is 35.5.